The number of hydrogen-bond acceptors (Lipinski definition) is 3. The molecule has 1 fully saturated rings. The lowest BCUT2D eigenvalue weighted by molar-refractivity contribution is 0.0635. The highest BCUT2D eigenvalue weighted by Crippen LogP contribution is 2.38. The van der Waals surface area contributed by atoms with Crippen LogP contribution in [0, 0.1) is 11.8 Å². The fraction of sp³-hybridized carbons (Fsp3) is 0.500. The summed E-state index contributed by atoms with van der Waals surface area (Å²) in [6.07, 6.45) is 0.566. The van der Waals surface area contributed by atoms with Crippen molar-refractivity contribution in [2.45, 2.75) is 42.9 Å². The summed E-state index contributed by atoms with van der Waals surface area (Å²) in [6, 6.07) is 8.51. The molecular weight excluding hydrogens is 272 g/mol. The van der Waals surface area contributed by atoms with Crippen LogP contribution in [-0.4, -0.2) is 24.9 Å². The van der Waals surface area contributed by atoms with Crippen molar-refractivity contribution in [1.29, 1.82) is 0 Å². The number of allylic oxidation sites excluding steroid dienone is 1. The van der Waals surface area contributed by atoms with Crippen LogP contribution in [0.4, 0.5) is 0 Å². The highest BCUT2D eigenvalue weighted by atomic mass is 32.2. The second-order valence-electron chi connectivity index (χ2n) is 5.84. The largest absolute Gasteiger partial charge is 0.393 e. The lowest BCUT2D eigenvalue weighted by Gasteiger charge is -2.37. The average Bonchev–Trinajstić information content (AvgIpc) is 2.42. The van der Waals surface area contributed by atoms with Gasteiger partial charge in [0.05, 0.1) is 16.2 Å². The number of aliphatic hydroxyl groups excluding tert-OH is 1. The standard InChI is InChI=1S/C16H22O3S/c1-11(2)13-9-15(17)12(3)16(10-13)20(18,19)14-7-5-4-6-8-14/h4-8,12-13,15-17H,1,9-10H2,2-3H3/t12-,13-,15-,16-/m0/s1. The quantitative estimate of drug-likeness (QED) is 0.872. The Morgan fingerprint density at radius 3 is 2.40 bits per heavy atom. The molecular formula is C16H22O3S. The van der Waals surface area contributed by atoms with Crippen LogP contribution in [0.15, 0.2) is 47.4 Å². The predicted octanol–water partition coefficient (Wildman–Crippen LogP) is 2.81. The first-order valence-electron chi connectivity index (χ1n) is 6.96. The molecule has 20 heavy (non-hydrogen) atoms. The van der Waals surface area contributed by atoms with Crippen LogP contribution < -0.4 is 0 Å². The van der Waals surface area contributed by atoms with Gasteiger partial charge in [0, 0.05) is 0 Å². The lowest BCUT2D eigenvalue weighted by Crippen LogP contribution is -2.43. The highest BCUT2D eigenvalue weighted by molar-refractivity contribution is 7.92. The number of aliphatic hydroxyl groups is 1. The van der Waals surface area contributed by atoms with Gasteiger partial charge in [0.25, 0.3) is 0 Å². The van der Waals surface area contributed by atoms with Crippen molar-refractivity contribution in [2.24, 2.45) is 11.8 Å². The van der Waals surface area contributed by atoms with Gasteiger partial charge in [-0.1, -0.05) is 37.3 Å². The lowest BCUT2D eigenvalue weighted by atomic mass is 9.78. The van der Waals surface area contributed by atoms with Crippen LogP contribution in [-0.2, 0) is 9.84 Å². The zero-order valence-corrected chi connectivity index (χ0v) is 12.8. The van der Waals surface area contributed by atoms with Crippen LogP contribution in [0.2, 0.25) is 0 Å². The molecule has 4 heteroatoms. The third-order valence-electron chi connectivity index (χ3n) is 4.40. The molecule has 1 N–H and O–H groups in total. The van der Waals surface area contributed by atoms with Gasteiger partial charge in [0.1, 0.15) is 0 Å². The van der Waals surface area contributed by atoms with E-state index < -0.39 is 21.2 Å². The Kier molecular flexibility index (Phi) is 4.35. The smallest absolute Gasteiger partial charge is 0.181 e. The minimum absolute atomic E-state index is 0.0738. The van der Waals surface area contributed by atoms with Crippen molar-refractivity contribution < 1.29 is 13.5 Å². The van der Waals surface area contributed by atoms with Crippen molar-refractivity contribution in [3.63, 3.8) is 0 Å². The summed E-state index contributed by atoms with van der Waals surface area (Å²) < 4.78 is 25.5. The Hall–Kier alpha value is -1.13. The topological polar surface area (TPSA) is 54.4 Å². The molecule has 0 amide bonds. The molecule has 0 radical (unpaired) electrons. The molecule has 1 saturated carbocycles. The molecule has 3 nitrogen and oxygen atoms in total. The van der Waals surface area contributed by atoms with Crippen molar-refractivity contribution in [3.8, 4) is 0 Å². The van der Waals surface area contributed by atoms with E-state index in [1.807, 2.05) is 13.8 Å². The van der Waals surface area contributed by atoms with Gasteiger partial charge in [-0.05, 0) is 43.7 Å². The normalized spacial score (nSPS) is 30.9. The van der Waals surface area contributed by atoms with Crippen molar-refractivity contribution in [3.05, 3.63) is 42.5 Å². The van der Waals surface area contributed by atoms with Gasteiger partial charge in [-0.3, -0.25) is 0 Å². The fourth-order valence-electron chi connectivity index (χ4n) is 2.94. The fourth-order valence-corrected chi connectivity index (χ4v) is 5.06. The van der Waals surface area contributed by atoms with Crippen molar-refractivity contribution >= 4 is 9.84 Å². The Labute approximate surface area is 121 Å². The van der Waals surface area contributed by atoms with E-state index in [1.165, 1.54) is 0 Å². The van der Waals surface area contributed by atoms with E-state index in [4.69, 9.17) is 0 Å². The molecule has 0 aliphatic heterocycles. The van der Waals surface area contributed by atoms with Crippen LogP contribution in [0.25, 0.3) is 0 Å². The molecule has 4 atom stereocenters. The van der Waals surface area contributed by atoms with Crippen LogP contribution in [0.5, 0.6) is 0 Å². The molecule has 0 heterocycles. The van der Waals surface area contributed by atoms with Gasteiger partial charge < -0.3 is 5.11 Å². The maximum atomic E-state index is 12.8. The SMILES string of the molecule is C=C(C)[C@H]1C[C@H](O)[C@H](C)[C@@H](S(=O)(=O)c2ccccc2)C1. The first-order chi connectivity index (χ1) is 9.34. The molecule has 1 aromatic carbocycles. The predicted molar refractivity (Wildman–Crippen MR) is 80.1 cm³/mol. The minimum atomic E-state index is -3.41. The van der Waals surface area contributed by atoms with Gasteiger partial charge in [-0.15, -0.1) is 0 Å². The number of benzene rings is 1. The number of rotatable bonds is 3. The van der Waals surface area contributed by atoms with Gasteiger partial charge in [0.2, 0.25) is 0 Å². The first kappa shape index (κ1) is 15.3. The second-order valence-corrected chi connectivity index (χ2v) is 8.00. The molecule has 0 spiro atoms. The molecule has 1 aromatic rings. The van der Waals surface area contributed by atoms with E-state index >= 15 is 0 Å². The third kappa shape index (κ3) is 2.81. The molecule has 2 rings (SSSR count). The summed E-state index contributed by atoms with van der Waals surface area (Å²) >= 11 is 0. The maximum absolute atomic E-state index is 12.8. The number of hydrogen-bond donors (Lipinski definition) is 1. The summed E-state index contributed by atoms with van der Waals surface area (Å²) in [7, 11) is -3.41. The van der Waals surface area contributed by atoms with E-state index in [0.29, 0.717) is 17.7 Å². The molecule has 110 valence electrons. The highest BCUT2D eigenvalue weighted by Gasteiger charge is 2.42. The molecule has 1 aliphatic carbocycles. The molecule has 0 unspecified atom stereocenters. The van der Waals surface area contributed by atoms with E-state index in [-0.39, 0.29) is 11.8 Å². The van der Waals surface area contributed by atoms with E-state index in [0.717, 1.165) is 5.57 Å². The summed E-state index contributed by atoms with van der Waals surface area (Å²) in [4.78, 5) is 0.339. The van der Waals surface area contributed by atoms with E-state index in [1.54, 1.807) is 30.3 Å². The van der Waals surface area contributed by atoms with Gasteiger partial charge in [-0.25, -0.2) is 8.42 Å². The van der Waals surface area contributed by atoms with Gasteiger partial charge in [0.15, 0.2) is 9.84 Å². The van der Waals surface area contributed by atoms with Gasteiger partial charge in [-0.2, -0.15) is 0 Å². The molecule has 1 aliphatic rings. The molecule has 0 bridgehead atoms. The average molecular weight is 294 g/mol. The number of sulfone groups is 1. The zero-order valence-electron chi connectivity index (χ0n) is 12.0. The van der Waals surface area contributed by atoms with Crippen LogP contribution in [0.3, 0.4) is 0 Å². The molecule has 0 saturated heterocycles. The van der Waals surface area contributed by atoms with Crippen molar-refractivity contribution in [2.75, 3.05) is 0 Å². The van der Waals surface area contributed by atoms with Crippen LogP contribution >= 0.6 is 0 Å². The van der Waals surface area contributed by atoms with Crippen molar-refractivity contribution in [1.82, 2.24) is 0 Å². The Morgan fingerprint density at radius 2 is 1.85 bits per heavy atom. The summed E-state index contributed by atoms with van der Waals surface area (Å²) in [5.74, 6) is -0.180. The summed E-state index contributed by atoms with van der Waals surface area (Å²) in [5.41, 5.74) is 0.948. The Bertz CT molecular complexity index is 577. The first-order valence-corrected chi connectivity index (χ1v) is 8.51. The zero-order chi connectivity index (χ0) is 14.9. The maximum Gasteiger partial charge on any atom is 0.181 e. The summed E-state index contributed by atoms with van der Waals surface area (Å²) in [5, 5.41) is 9.63. The Morgan fingerprint density at radius 1 is 1.25 bits per heavy atom. The second kappa shape index (κ2) is 5.70. The third-order valence-corrected chi connectivity index (χ3v) is 6.75. The Balaban J connectivity index is 2.36. The minimum Gasteiger partial charge on any atom is -0.393 e. The van der Waals surface area contributed by atoms with E-state index in [9.17, 15) is 13.5 Å². The van der Waals surface area contributed by atoms with Gasteiger partial charge >= 0.3 is 0 Å². The van der Waals surface area contributed by atoms with Crippen LogP contribution in [0.1, 0.15) is 26.7 Å². The summed E-state index contributed by atoms with van der Waals surface area (Å²) in [6.45, 7) is 7.65. The van der Waals surface area contributed by atoms with E-state index in [2.05, 4.69) is 6.58 Å². The molecule has 0 aromatic heterocycles. The monoisotopic (exact) mass is 294 g/mol.